The maximum absolute atomic E-state index is 3.14. The molecule has 0 aromatic rings. The predicted octanol–water partition coefficient (Wildman–Crippen LogP) is 6.64. The summed E-state index contributed by atoms with van der Waals surface area (Å²) < 4.78 is 0. The van der Waals surface area contributed by atoms with E-state index in [1.807, 2.05) is 0 Å². The van der Waals surface area contributed by atoms with Gasteiger partial charge in [-0.3, -0.25) is 6.08 Å². The minimum absolute atomic E-state index is 0. The van der Waals surface area contributed by atoms with Crippen LogP contribution in [0.15, 0.2) is 42.0 Å². The standard InChI is InChI=1S/C11H17Si.C8H11.2CH3.Zr/c1-12(2)11-8-7-9-5-3-4-6-10(9)11;1-2-5-8-6-3-4-7-8;;;/h3-6,9-11H,7-8H2,1-2H3;6-7H,2-3,5H2,1H3;2*1H3;/q;3*-1;+3. The van der Waals surface area contributed by atoms with Gasteiger partial charge in [-0.25, -0.2) is 11.6 Å². The molecular weight excluding hydrogens is 372 g/mol. The molecule has 0 aromatic carbocycles. The third kappa shape index (κ3) is 7.65. The molecule has 2 heteroatoms. The molecule has 3 unspecified atom stereocenters. The molecule has 1 saturated carbocycles. The number of hydrogen-bond acceptors (Lipinski definition) is 0. The van der Waals surface area contributed by atoms with Gasteiger partial charge in [-0.15, -0.1) is 6.42 Å². The fraction of sp³-hybridized carbons (Fsp3) is 0.524. The topological polar surface area (TPSA) is 0 Å². The Hall–Kier alpha value is 0.0600. The van der Waals surface area contributed by atoms with Gasteiger partial charge in [-0.2, -0.15) is 6.08 Å². The molecular formula is C21H34SiZr. The fourth-order valence-electron chi connectivity index (χ4n) is 3.53. The Morgan fingerprint density at radius 1 is 1.13 bits per heavy atom. The molecule has 126 valence electrons. The Morgan fingerprint density at radius 2 is 1.83 bits per heavy atom. The van der Waals surface area contributed by atoms with E-state index < -0.39 is 0 Å². The van der Waals surface area contributed by atoms with Crippen LogP contribution in [0, 0.1) is 32.8 Å². The average Bonchev–Trinajstić information content (AvgIpc) is 3.08. The molecule has 3 rings (SSSR count). The summed E-state index contributed by atoms with van der Waals surface area (Å²) in [6.45, 7) is 7.13. The van der Waals surface area contributed by atoms with Crippen LogP contribution in [-0.2, 0) is 26.2 Å². The van der Waals surface area contributed by atoms with Crippen molar-refractivity contribution < 1.29 is 26.2 Å². The summed E-state index contributed by atoms with van der Waals surface area (Å²) in [6.07, 6.45) is 23.2. The van der Waals surface area contributed by atoms with Crippen LogP contribution in [0.25, 0.3) is 0 Å². The molecule has 0 N–H and O–H groups in total. The van der Waals surface area contributed by atoms with Gasteiger partial charge >= 0.3 is 26.2 Å². The summed E-state index contributed by atoms with van der Waals surface area (Å²) in [7, 11) is -0.0662. The van der Waals surface area contributed by atoms with E-state index >= 15 is 0 Å². The van der Waals surface area contributed by atoms with Crippen molar-refractivity contribution in [3.8, 4) is 0 Å². The number of allylic oxidation sites excluding steroid dienone is 8. The third-order valence-electron chi connectivity index (χ3n) is 4.62. The van der Waals surface area contributed by atoms with E-state index in [-0.39, 0.29) is 49.9 Å². The van der Waals surface area contributed by atoms with Crippen LogP contribution < -0.4 is 0 Å². The van der Waals surface area contributed by atoms with Crippen LogP contribution in [0.4, 0.5) is 0 Å². The predicted molar refractivity (Wildman–Crippen MR) is 104 cm³/mol. The number of fused-ring (bicyclic) bond motifs is 1. The molecule has 0 nitrogen and oxygen atoms in total. The van der Waals surface area contributed by atoms with Gasteiger partial charge in [0.1, 0.15) is 0 Å². The van der Waals surface area contributed by atoms with Crippen LogP contribution in [0.3, 0.4) is 0 Å². The summed E-state index contributed by atoms with van der Waals surface area (Å²) in [4.78, 5) is 0. The first-order valence-electron chi connectivity index (χ1n) is 8.13. The molecule has 3 aliphatic carbocycles. The maximum Gasteiger partial charge on any atom is 3.00 e. The first-order chi connectivity index (χ1) is 9.72. The third-order valence-corrected chi connectivity index (χ3v) is 6.78. The molecule has 0 aromatic heterocycles. The Bertz CT molecular complexity index is 418. The Labute approximate surface area is 167 Å². The molecule has 3 atom stereocenters. The van der Waals surface area contributed by atoms with Gasteiger partial charge in [-0.05, 0) is 23.8 Å². The first-order valence-corrected chi connectivity index (χ1v) is 10.7. The first kappa shape index (κ1) is 25.3. The summed E-state index contributed by atoms with van der Waals surface area (Å²) >= 11 is 0. The van der Waals surface area contributed by atoms with Gasteiger partial charge in [-0.1, -0.05) is 63.6 Å². The molecule has 0 amide bonds. The van der Waals surface area contributed by atoms with Crippen LogP contribution in [0.5, 0.6) is 0 Å². The van der Waals surface area contributed by atoms with E-state index in [4.69, 9.17) is 0 Å². The second-order valence-electron chi connectivity index (χ2n) is 6.35. The second kappa shape index (κ2) is 13.4. The van der Waals surface area contributed by atoms with Crippen molar-refractivity contribution in [3.05, 3.63) is 63.0 Å². The largest absolute Gasteiger partial charge is 3.00 e. The van der Waals surface area contributed by atoms with E-state index in [1.54, 1.807) is 0 Å². The van der Waals surface area contributed by atoms with Crippen molar-refractivity contribution in [2.24, 2.45) is 11.8 Å². The summed E-state index contributed by atoms with van der Waals surface area (Å²) in [5.41, 5.74) is 2.51. The van der Waals surface area contributed by atoms with Gasteiger partial charge in [0.25, 0.3) is 0 Å². The van der Waals surface area contributed by atoms with E-state index in [0.29, 0.717) is 0 Å². The second-order valence-corrected chi connectivity index (χ2v) is 9.25. The molecule has 0 saturated heterocycles. The maximum atomic E-state index is 3.14. The van der Waals surface area contributed by atoms with E-state index in [2.05, 4.69) is 62.5 Å². The van der Waals surface area contributed by atoms with Gasteiger partial charge in [0, 0.05) is 8.80 Å². The summed E-state index contributed by atoms with van der Waals surface area (Å²) in [5, 5.41) is 0. The normalized spacial score (nSPS) is 26.3. The van der Waals surface area contributed by atoms with Crippen molar-refractivity contribution in [1.29, 1.82) is 0 Å². The molecule has 2 radical (unpaired) electrons. The van der Waals surface area contributed by atoms with Crippen molar-refractivity contribution >= 4 is 8.80 Å². The van der Waals surface area contributed by atoms with Crippen molar-refractivity contribution in [3.63, 3.8) is 0 Å². The monoisotopic (exact) mass is 404 g/mol. The zero-order valence-corrected chi connectivity index (χ0v) is 19.2. The molecule has 0 aliphatic heterocycles. The molecule has 1 fully saturated rings. The fourth-order valence-corrected chi connectivity index (χ4v) is 5.40. The smallest absolute Gasteiger partial charge is 0.358 e. The van der Waals surface area contributed by atoms with Gasteiger partial charge in [0.05, 0.1) is 0 Å². The quantitative estimate of drug-likeness (QED) is 0.365. The minimum Gasteiger partial charge on any atom is -0.358 e. The number of rotatable bonds is 3. The summed E-state index contributed by atoms with van der Waals surface area (Å²) in [5.74, 6) is 1.79. The van der Waals surface area contributed by atoms with E-state index in [1.165, 1.54) is 31.3 Å². The van der Waals surface area contributed by atoms with Crippen molar-refractivity contribution in [2.75, 3.05) is 0 Å². The molecule has 3 aliphatic rings. The van der Waals surface area contributed by atoms with E-state index in [9.17, 15) is 0 Å². The van der Waals surface area contributed by atoms with Crippen LogP contribution in [0.1, 0.15) is 39.0 Å². The zero-order chi connectivity index (χ0) is 14.4. The van der Waals surface area contributed by atoms with Crippen LogP contribution in [0.2, 0.25) is 18.6 Å². The van der Waals surface area contributed by atoms with Crippen molar-refractivity contribution in [1.82, 2.24) is 0 Å². The van der Waals surface area contributed by atoms with Crippen molar-refractivity contribution in [2.45, 2.75) is 57.7 Å². The molecule has 0 heterocycles. The Balaban J connectivity index is 0. The SMILES string of the molecule is CCCC1=CC[C-]=C1.C[Si](C)C1CCC2C=CC=CC21.[CH3-].[CH3-].[Zr+3]. The Morgan fingerprint density at radius 3 is 2.39 bits per heavy atom. The van der Waals surface area contributed by atoms with Crippen LogP contribution >= 0.6 is 0 Å². The van der Waals surface area contributed by atoms with Crippen LogP contribution in [-0.4, -0.2) is 8.80 Å². The average molecular weight is 406 g/mol. The zero-order valence-electron chi connectivity index (χ0n) is 15.7. The molecule has 0 spiro atoms. The van der Waals surface area contributed by atoms with Gasteiger partial charge < -0.3 is 14.9 Å². The summed E-state index contributed by atoms with van der Waals surface area (Å²) in [6, 6.07) is 0. The van der Waals surface area contributed by atoms with E-state index in [0.717, 1.165) is 23.8 Å². The molecule has 23 heavy (non-hydrogen) atoms. The van der Waals surface area contributed by atoms with Gasteiger partial charge in [0.2, 0.25) is 0 Å². The Kier molecular flexibility index (Phi) is 14.7. The number of hydrogen-bond donors (Lipinski definition) is 0. The van der Waals surface area contributed by atoms with Gasteiger partial charge in [0.15, 0.2) is 0 Å². The molecule has 0 bridgehead atoms. The minimum atomic E-state index is -0.0662.